The van der Waals surface area contributed by atoms with Crippen LogP contribution in [-0.2, 0) is 34.5 Å². The highest BCUT2D eigenvalue weighted by Gasteiger charge is 2.45. The largest absolute Gasteiger partial charge is 0.506 e. The number of fused-ring (bicyclic) bond motifs is 2. The molecule has 0 unspecified atom stereocenters. The number of hydrazine groups is 1. The first kappa shape index (κ1) is 40.4. The zero-order chi connectivity index (χ0) is 39.6. The van der Waals surface area contributed by atoms with Crippen molar-refractivity contribution in [2.24, 2.45) is 5.84 Å². The van der Waals surface area contributed by atoms with Crippen molar-refractivity contribution in [3.8, 4) is 5.75 Å². The van der Waals surface area contributed by atoms with Crippen LogP contribution < -0.4 is 27.5 Å². The topological polar surface area (TPSA) is 190 Å². The van der Waals surface area contributed by atoms with E-state index in [0.717, 1.165) is 72.9 Å². The number of nitrogens with two attached hydrogens (primary N) is 2. The van der Waals surface area contributed by atoms with E-state index in [9.17, 15) is 24.9 Å². The highest BCUT2D eigenvalue weighted by Crippen LogP contribution is 2.41. The van der Waals surface area contributed by atoms with Crippen molar-refractivity contribution in [1.29, 1.82) is 0 Å². The van der Waals surface area contributed by atoms with Crippen LogP contribution in [-0.4, -0.2) is 70.0 Å². The lowest BCUT2D eigenvalue weighted by Gasteiger charge is -2.36. The van der Waals surface area contributed by atoms with Crippen molar-refractivity contribution in [1.82, 2.24) is 15.2 Å². The number of aromatic amines is 1. The van der Waals surface area contributed by atoms with Gasteiger partial charge >= 0.3 is 5.97 Å². The van der Waals surface area contributed by atoms with E-state index in [2.05, 4.69) is 38.2 Å². The zero-order valence-corrected chi connectivity index (χ0v) is 34.5. The van der Waals surface area contributed by atoms with Crippen molar-refractivity contribution < 1.29 is 24.9 Å². The summed E-state index contributed by atoms with van der Waals surface area (Å²) in [6, 6.07) is 15.7. The van der Waals surface area contributed by atoms with Crippen LogP contribution in [0, 0.1) is 0 Å². The fraction of sp³-hybridized carbons (Fsp3) is 0.415. The predicted molar refractivity (Wildman–Crippen MR) is 226 cm³/mol. The molecule has 1 saturated carbocycles. The lowest BCUT2D eigenvalue weighted by atomic mass is 9.91. The number of aromatic hydroxyl groups is 1. The summed E-state index contributed by atoms with van der Waals surface area (Å²) in [6.45, 7) is 2.29. The Hall–Kier alpha value is -3.80. The second-order valence-electron chi connectivity index (χ2n) is 14.9. The number of H-pyrrole nitrogens is 1. The zero-order valence-electron chi connectivity index (χ0n) is 31.3. The van der Waals surface area contributed by atoms with Crippen molar-refractivity contribution >= 4 is 66.9 Å². The van der Waals surface area contributed by atoms with Gasteiger partial charge in [0.1, 0.15) is 11.9 Å². The minimum Gasteiger partial charge on any atom is -0.506 e. The molecule has 0 saturated heterocycles. The number of hydrogen-bond donors (Lipinski definition) is 7. The Morgan fingerprint density at radius 2 is 1.88 bits per heavy atom. The minimum absolute atomic E-state index is 0.0436. The monoisotopic (exact) mass is 864 g/mol. The van der Waals surface area contributed by atoms with E-state index in [0.29, 0.717) is 51.0 Å². The molecule has 0 amide bonds. The number of rotatable bonds is 15. The Kier molecular flexibility index (Phi) is 12.5. The number of ether oxygens (including phenoxy) is 1. The third kappa shape index (κ3) is 8.41. The highest BCUT2D eigenvalue weighted by molar-refractivity contribution is 9.11. The van der Waals surface area contributed by atoms with Gasteiger partial charge < -0.3 is 46.0 Å². The lowest BCUT2D eigenvalue weighted by molar-refractivity contribution is -0.169. The van der Waals surface area contributed by atoms with Gasteiger partial charge in [-0.05, 0) is 145 Å². The van der Waals surface area contributed by atoms with Gasteiger partial charge in [-0.15, -0.1) is 22.7 Å². The Balaban J connectivity index is 0.895. The maximum Gasteiger partial charge on any atom is 0.349 e. The van der Waals surface area contributed by atoms with Crippen molar-refractivity contribution in [2.45, 2.75) is 81.8 Å². The molecule has 0 bridgehead atoms. The van der Waals surface area contributed by atoms with Crippen molar-refractivity contribution in [2.75, 3.05) is 37.4 Å². The van der Waals surface area contributed by atoms with Gasteiger partial charge in [0, 0.05) is 37.1 Å². The number of hydrogen-bond acceptors (Lipinski definition) is 13. The number of nitrogens with one attached hydrogen (secondary N) is 2. The average Bonchev–Trinajstić information content (AvgIpc) is 3.99. The van der Waals surface area contributed by atoms with E-state index in [1.54, 1.807) is 29.3 Å². The van der Waals surface area contributed by atoms with Crippen LogP contribution in [0.15, 0.2) is 68.6 Å². The summed E-state index contributed by atoms with van der Waals surface area (Å²) in [4.78, 5) is 31.4. The molecule has 0 aliphatic heterocycles. The Morgan fingerprint density at radius 3 is 2.61 bits per heavy atom. The molecule has 2 aliphatic carbocycles. The molecule has 3 heterocycles. The van der Waals surface area contributed by atoms with Gasteiger partial charge in [-0.3, -0.25) is 4.79 Å². The van der Waals surface area contributed by atoms with Crippen LogP contribution in [0.2, 0.25) is 0 Å². The number of phenols is 1. The van der Waals surface area contributed by atoms with Gasteiger partial charge in [-0.25, -0.2) is 10.6 Å². The Bertz CT molecular complexity index is 2220. The molecule has 3 aromatic heterocycles. The quantitative estimate of drug-likeness (QED) is 0.0291. The van der Waals surface area contributed by atoms with E-state index >= 15 is 0 Å². The molecular weight excluding hydrogens is 817 g/mol. The molecular formula is C41H49BrN6O6S2. The SMILES string of the molecule is CN(CCCN(N)c1c(N)cc(CNC[C@H](O)c2ccc(O)c3[nH]c(=O)ccc23)c2c1CCC2)[C@H]1CC[C@H](OC(=O)[C@@](O)(c2cccs2)c2ccc(Br)s2)CC1. The van der Waals surface area contributed by atoms with Crippen LogP contribution in [0.1, 0.15) is 76.6 Å². The lowest BCUT2D eigenvalue weighted by Crippen LogP contribution is -2.42. The molecule has 7 rings (SSSR count). The first-order valence-electron chi connectivity index (χ1n) is 19.1. The van der Waals surface area contributed by atoms with Gasteiger partial charge in [0.05, 0.1) is 36.5 Å². The van der Waals surface area contributed by atoms with Crippen molar-refractivity contribution in [3.63, 3.8) is 0 Å². The number of carbonyl (C=O) groups excluding carboxylic acids is 1. The number of nitrogens with zero attached hydrogens (tertiary/aromatic N) is 2. The first-order valence-corrected chi connectivity index (χ1v) is 21.6. The maximum atomic E-state index is 13.5. The number of carbonyl (C=O) groups is 1. The molecule has 15 heteroatoms. The molecule has 12 nitrogen and oxygen atoms in total. The molecule has 0 spiro atoms. The van der Waals surface area contributed by atoms with Gasteiger partial charge in [0.25, 0.3) is 0 Å². The number of aliphatic hydroxyl groups is 2. The molecule has 9 N–H and O–H groups in total. The van der Waals surface area contributed by atoms with Crippen LogP contribution in [0.3, 0.4) is 0 Å². The van der Waals surface area contributed by atoms with Crippen LogP contribution in [0.4, 0.5) is 11.4 Å². The standard InChI is InChI=1S/C41H49BrN6O6S2/c1-47(25-8-10-26(11-9-25)54-40(52)41(53,34-7-3-20-55-34)35-15-16-36(42)56-35)18-4-19-48(44)39-30-6-2-5-27(30)24(21-31(39)43)22-45-23-33(50)28-12-14-32(49)38-29(28)13-17-37(51)46-38/h3,7,12-17,20-21,25-26,33,45,49-50,53H,2,4-6,8-11,18-19,22-23,43-44H2,1H3,(H,46,51)/t25-,26-,33-,41+/m0/s1. The summed E-state index contributed by atoms with van der Waals surface area (Å²) in [6.07, 6.45) is 5.85. The molecule has 2 atom stereocenters. The van der Waals surface area contributed by atoms with Gasteiger partial charge in [-0.1, -0.05) is 12.1 Å². The van der Waals surface area contributed by atoms with Gasteiger partial charge in [-0.2, -0.15) is 0 Å². The number of anilines is 2. The smallest absolute Gasteiger partial charge is 0.349 e. The Labute approximate surface area is 342 Å². The predicted octanol–water partition coefficient (Wildman–Crippen LogP) is 5.81. The third-order valence-electron chi connectivity index (χ3n) is 11.3. The average molecular weight is 866 g/mol. The number of esters is 1. The van der Waals surface area contributed by atoms with Crippen LogP contribution in [0.25, 0.3) is 10.9 Å². The molecule has 1 fully saturated rings. The van der Waals surface area contributed by atoms with E-state index < -0.39 is 17.7 Å². The molecule has 56 heavy (non-hydrogen) atoms. The highest BCUT2D eigenvalue weighted by atomic mass is 79.9. The van der Waals surface area contributed by atoms with Crippen LogP contribution >= 0.6 is 38.6 Å². The molecule has 2 aromatic carbocycles. The first-order chi connectivity index (χ1) is 26.9. The van der Waals surface area contributed by atoms with Crippen LogP contribution in [0.5, 0.6) is 5.75 Å². The fourth-order valence-electron chi connectivity index (χ4n) is 8.32. The summed E-state index contributed by atoms with van der Waals surface area (Å²) in [5.74, 6) is 6.04. The number of benzene rings is 2. The maximum absolute atomic E-state index is 13.5. The Morgan fingerprint density at radius 1 is 1.09 bits per heavy atom. The molecule has 2 aliphatic rings. The number of phenolic OH excluding ortho intramolecular Hbond substituents is 1. The number of aromatic nitrogens is 1. The van der Waals surface area contributed by atoms with E-state index in [-0.39, 0.29) is 24.0 Å². The minimum atomic E-state index is -1.83. The van der Waals surface area contributed by atoms with E-state index in [1.165, 1.54) is 45.9 Å². The molecule has 5 aromatic rings. The summed E-state index contributed by atoms with van der Waals surface area (Å²) >= 11 is 6.12. The third-order valence-corrected chi connectivity index (χ3v) is 14.0. The summed E-state index contributed by atoms with van der Waals surface area (Å²) in [7, 11) is 2.14. The van der Waals surface area contributed by atoms with Gasteiger partial charge in [0.2, 0.25) is 11.2 Å². The summed E-state index contributed by atoms with van der Waals surface area (Å²) in [5, 5.41) is 40.6. The second-order valence-corrected chi connectivity index (χ2v) is 18.3. The number of aliphatic hydroxyl groups excluding tert-OH is 1. The second kappa shape index (κ2) is 17.4. The van der Waals surface area contributed by atoms with Crippen molar-refractivity contribution in [3.05, 3.63) is 106 Å². The number of pyridine rings is 1. The van der Waals surface area contributed by atoms with Gasteiger partial charge in [0.15, 0.2) is 0 Å². The number of nitrogen functional groups attached to an aromatic ring is 1. The molecule has 0 radical (unpaired) electrons. The van der Waals surface area contributed by atoms with E-state index in [4.69, 9.17) is 16.3 Å². The fourth-order valence-corrected chi connectivity index (χ4v) is 10.7. The summed E-state index contributed by atoms with van der Waals surface area (Å²) < 4.78 is 6.82. The number of thiophene rings is 2. The number of halogens is 1. The van der Waals surface area contributed by atoms with E-state index in [1.807, 2.05) is 23.6 Å². The molecule has 298 valence electrons. The summed E-state index contributed by atoms with van der Waals surface area (Å²) in [5.41, 5.74) is 10.5. The normalized spacial score (nSPS) is 18.5.